The Kier molecular flexibility index (Phi) is 5.07. The molecule has 5 heterocycles. The molecule has 0 aliphatic carbocycles. The third-order valence-corrected chi connectivity index (χ3v) is 9.63. The summed E-state index contributed by atoms with van der Waals surface area (Å²) in [5.74, 6) is 4.12. The summed E-state index contributed by atoms with van der Waals surface area (Å²) in [5.41, 5.74) is 10.2. The predicted molar refractivity (Wildman–Crippen MR) is 184 cm³/mol. The van der Waals surface area contributed by atoms with Gasteiger partial charge in [0.15, 0.2) is 0 Å². The molecule has 0 unspecified atom stereocenters. The van der Waals surface area contributed by atoms with Crippen LogP contribution in [0.5, 0.6) is 34.8 Å². The maximum absolute atomic E-state index is 6.64. The van der Waals surface area contributed by atoms with Crippen molar-refractivity contribution < 1.29 is 14.2 Å². The number of benzene rings is 5. The third kappa shape index (κ3) is 3.50. The SMILES string of the molecule is CC(C)(C)c1cc2c3c(c1)Oc1nc4c(nc1B3c1ccccc1O2)B1c2ccccc2N(c2ccccc2)c2cccc(c21)O4. The van der Waals surface area contributed by atoms with Gasteiger partial charge in [0.25, 0.3) is 13.4 Å². The van der Waals surface area contributed by atoms with E-state index < -0.39 is 0 Å². The molecule has 0 radical (unpaired) electrons. The largest absolute Gasteiger partial charge is 0.458 e. The minimum absolute atomic E-state index is 0.0982. The quantitative estimate of drug-likeness (QED) is 0.252. The number of aromatic nitrogens is 2. The molecule has 0 atom stereocenters. The highest BCUT2D eigenvalue weighted by atomic mass is 16.5. The van der Waals surface area contributed by atoms with Gasteiger partial charge in [-0.05, 0) is 75.9 Å². The van der Waals surface area contributed by atoms with Crippen molar-refractivity contribution in [2.75, 3.05) is 4.90 Å². The molecule has 4 aliphatic heterocycles. The second-order valence-corrected chi connectivity index (χ2v) is 13.4. The Balaban J connectivity index is 1.21. The van der Waals surface area contributed by atoms with E-state index in [1.54, 1.807) is 0 Å². The van der Waals surface area contributed by atoms with Crippen LogP contribution in [0.4, 0.5) is 17.1 Å². The van der Waals surface area contributed by atoms with Crippen molar-refractivity contribution >= 4 is 63.5 Å². The standard InChI is InChI=1S/C38H27B2N3O3/c1-38(2,3)22-20-30-33-31(21-22)46-37-35(40(33)25-15-8-10-18-28(25)44-30)41-34-36(42-37)45-29-19-11-17-27-32(29)39(34)24-14-7-9-16-26(24)43(27)23-12-5-4-6-13-23/h4-21H,1-3H3. The third-order valence-electron chi connectivity index (χ3n) is 9.63. The van der Waals surface area contributed by atoms with E-state index in [0.29, 0.717) is 11.8 Å². The van der Waals surface area contributed by atoms with E-state index in [9.17, 15) is 0 Å². The number of para-hydroxylation sites is 3. The zero-order valence-corrected chi connectivity index (χ0v) is 25.6. The summed E-state index contributed by atoms with van der Waals surface area (Å²) in [5, 5.41) is 0. The lowest BCUT2D eigenvalue weighted by atomic mass is 9.34. The van der Waals surface area contributed by atoms with E-state index in [2.05, 4.69) is 105 Å². The first-order valence-corrected chi connectivity index (χ1v) is 15.7. The molecule has 218 valence electrons. The van der Waals surface area contributed by atoms with E-state index in [-0.39, 0.29) is 18.8 Å². The van der Waals surface area contributed by atoms with E-state index in [1.807, 2.05) is 30.3 Å². The summed E-state index contributed by atoms with van der Waals surface area (Å²) < 4.78 is 19.8. The van der Waals surface area contributed by atoms with E-state index >= 15 is 0 Å². The lowest BCUT2D eigenvalue weighted by Crippen LogP contribution is -2.64. The van der Waals surface area contributed by atoms with Crippen molar-refractivity contribution in [3.05, 3.63) is 115 Å². The predicted octanol–water partition coefficient (Wildman–Crippen LogP) is 4.91. The molecular weight excluding hydrogens is 568 g/mol. The van der Waals surface area contributed by atoms with Crippen molar-refractivity contribution in [2.24, 2.45) is 0 Å². The number of anilines is 3. The minimum Gasteiger partial charge on any atom is -0.458 e. The molecule has 6 nitrogen and oxygen atoms in total. The Hall–Kier alpha value is -5.49. The molecule has 0 amide bonds. The number of nitrogens with zero attached hydrogens (tertiary/aromatic N) is 3. The molecule has 46 heavy (non-hydrogen) atoms. The molecule has 0 fully saturated rings. The molecular formula is C38H27B2N3O3. The normalized spacial score (nSPS) is 14.4. The van der Waals surface area contributed by atoms with Crippen molar-refractivity contribution in [1.29, 1.82) is 0 Å². The van der Waals surface area contributed by atoms with Crippen molar-refractivity contribution in [1.82, 2.24) is 9.97 Å². The first-order chi connectivity index (χ1) is 22.4. The van der Waals surface area contributed by atoms with Gasteiger partial charge in [-0.2, -0.15) is 4.98 Å². The maximum Gasteiger partial charge on any atom is 0.286 e. The van der Waals surface area contributed by atoms with Crippen molar-refractivity contribution in [2.45, 2.75) is 26.2 Å². The zero-order valence-electron chi connectivity index (χ0n) is 25.6. The van der Waals surface area contributed by atoms with Gasteiger partial charge in [0.05, 0.1) is 11.2 Å². The summed E-state index contributed by atoms with van der Waals surface area (Å²) >= 11 is 0. The molecule has 6 aromatic rings. The van der Waals surface area contributed by atoms with Gasteiger partial charge < -0.3 is 19.1 Å². The molecule has 0 spiro atoms. The van der Waals surface area contributed by atoms with Crippen LogP contribution in [0.1, 0.15) is 26.3 Å². The number of ether oxygens (including phenoxy) is 3. The fourth-order valence-electron chi connectivity index (χ4n) is 7.49. The molecule has 0 saturated heterocycles. The van der Waals surface area contributed by atoms with Crippen LogP contribution >= 0.6 is 0 Å². The summed E-state index contributed by atoms with van der Waals surface area (Å²) in [6.07, 6.45) is 0. The van der Waals surface area contributed by atoms with E-state index in [0.717, 1.165) is 78.7 Å². The van der Waals surface area contributed by atoms with Crippen molar-refractivity contribution in [3.63, 3.8) is 0 Å². The molecule has 8 heteroatoms. The highest BCUT2D eigenvalue weighted by Crippen LogP contribution is 2.41. The fraction of sp³-hybridized carbons (Fsp3) is 0.105. The number of hydrogen-bond donors (Lipinski definition) is 0. The molecule has 0 bridgehead atoms. The molecule has 0 saturated carbocycles. The lowest BCUT2D eigenvalue weighted by molar-refractivity contribution is 0.422. The van der Waals surface area contributed by atoms with Crippen LogP contribution in [0.15, 0.2) is 109 Å². The van der Waals surface area contributed by atoms with Gasteiger partial charge >= 0.3 is 0 Å². The summed E-state index contributed by atoms with van der Waals surface area (Å²) in [6.45, 7) is 6.24. The molecule has 1 aromatic heterocycles. The Morgan fingerprint density at radius 3 is 1.93 bits per heavy atom. The monoisotopic (exact) mass is 595 g/mol. The summed E-state index contributed by atoms with van der Waals surface area (Å²) in [6, 6.07) is 37.8. The maximum atomic E-state index is 6.64. The average molecular weight is 595 g/mol. The minimum atomic E-state index is -0.193. The van der Waals surface area contributed by atoms with Crippen LogP contribution in [-0.4, -0.2) is 23.4 Å². The van der Waals surface area contributed by atoms with Gasteiger partial charge in [-0.25, -0.2) is 0 Å². The molecule has 4 aliphatic rings. The van der Waals surface area contributed by atoms with Crippen LogP contribution in [-0.2, 0) is 5.41 Å². The Bertz CT molecular complexity index is 2270. The van der Waals surface area contributed by atoms with Crippen LogP contribution in [0.3, 0.4) is 0 Å². The van der Waals surface area contributed by atoms with Gasteiger partial charge in [0.2, 0.25) is 11.8 Å². The molecule has 10 rings (SSSR count). The van der Waals surface area contributed by atoms with E-state index in [4.69, 9.17) is 24.2 Å². The van der Waals surface area contributed by atoms with Crippen LogP contribution in [0, 0.1) is 0 Å². The van der Waals surface area contributed by atoms with Gasteiger partial charge in [-0.1, -0.05) is 81.4 Å². The van der Waals surface area contributed by atoms with Crippen LogP contribution in [0.25, 0.3) is 0 Å². The molecule has 0 N–H and O–H groups in total. The highest BCUT2D eigenvalue weighted by molar-refractivity contribution is 7.00. The topological polar surface area (TPSA) is 56.7 Å². The van der Waals surface area contributed by atoms with Gasteiger partial charge in [-0.15, -0.1) is 0 Å². The second-order valence-electron chi connectivity index (χ2n) is 13.4. The average Bonchev–Trinajstić information content (AvgIpc) is 3.07. The highest BCUT2D eigenvalue weighted by Gasteiger charge is 2.47. The van der Waals surface area contributed by atoms with Gasteiger partial charge in [-0.3, -0.25) is 4.98 Å². The van der Waals surface area contributed by atoms with Crippen LogP contribution in [0.2, 0.25) is 0 Å². The second kappa shape index (κ2) is 9.04. The van der Waals surface area contributed by atoms with Gasteiger partial charge in [0.1, 0.15) is 23.0 Å². The first kappa shape index (κ1) is 25.8. The van der Waals surface area contributed by atoms with E-state index in [1.165, 1.54) is 0 Å². The molecule has 5 aromatic carbocycles. The summed E-state index contributed by atoms with van der Waals surface area (Å²) in [4.78, 5) is 12.9. The smallest absolute Gasteiger partial charge is 0.286 e. The Labute approximate surface area is 267 Å². The van der Waals surface area contributed by atoms with Crippen LogP contribution < -0.4 is 52.1 Å². The van der Waals surface area contributed by atoms with Crippen molar-refractivity contribution in [3.8, 4) is 34.8 Å². The lowest BCUT2D eigenvalue weighted by Gasteiger charge is -2.39. The zero-order chi connectivity index (χ0) is 30.7. The number of rotatable bonds is 1. The Morgan fingerprint density at radius 2 is 1.15 bits per heavy atom. The number of fused-ring (bicyclic) bond motifs is 8. The summed E-state index contributed by atoms with van der Waals surface area (Å²) in [7, 11) is 0. The van der Waals surface area contributed by atoms with Gasteiger partial charge in [0, 0.05) is 22.5 Å². The Morgan fingerprint density at radius 1 is 0.543 bits per heavy atom. The number of hydrogen-bond acceptors (Lipinski definition) is 6. The fourth-order valence-corrected chi connectivity index (χ4v) is 7.49. The first-order valence-electron chi connectivity index (χ1n) is 15.7.